The van der Waals surface area contributed by atoms with Crippen molar-refractivity contribution < 1.29 is 9.84 Å². The predicted molar refractivity (Wildman–Crippen MR) is 118 cm³/mol. The molecule has 5 nitrogen and oxygen atoms in total. The van der Waals surface area contributed by atoms with Gasteiger partial charge < -0.3 is 20.5 Å². The Morgan fingerprint density at radius 1 is 1.14 bits per heavy atom. The molecule has 0 unspecified atom stereocenters. The molecule has 0 saturated carbocycles. The number of nitrogens with zero attached hydrogens (tertiary/aromatic N) is 1. The maximum absolute atomic E-state index is 11.0. The van der Waals surface area contributed by atoms with Gasteiger partial charge in [-0.3, -0.25) is 0 Å². The summed E-state index contributed by atoms with van der Waals surface area (Å²) in [6, 6.07) is 15.6. The van der Waals surface area contributed by atoms with Crippen molar-refractivity contribution >= 4 is 28.2 Å². The maximum Gasteiger partial charge on any atom is 0.131 e. The smallest absolute Gasteiger partial charge is 0.131 e. The lowest BCUT2D eigenvalue weighted by atomic mass is 9.85. The Hall–Kier alpha value is -2.34. The van der Waals surface area contributed by atoms with Crippen LogP contribution in [0.2, 0.25) is 5.15 Å². The Labute approximate surface area is 176 Å². The molecule has 29 heavy (non-hydrogen) atoms. The summed E-state index contributed by atoms with van der Waals surface area (Å²) in [5.41, 5.74) is 3.12. The zero-order valence-electron chi connectivity index (χ0n) is 16.9. The highest BCUT2D eigenvalue weighted by molar-refractivity contribution is 6.29. The average Bonchev–Trinajstić information content (AvgIpc) is 2.68. The van der Waals surface area contributed by atoms with Gasteiger partial charge in [-0.15, -0.1) is 0 Å². The van der Waals surface area contributed by atoms with Gasteiger partial charge in [0.05, 0.1) is 11.6 Å². The summed E-state index contributed by atoms with van der Waals surface area (Å²) in [6.07, 6.45) is -0.704. The summed E-state index contributed by atoms with van der Waals surface area (Å²) >= 11 is 6.16. The Kier molecular flexibility index (Phi) is 5.38. The van der Waals surface area contributed by atoms with Crippen LogP contribution in [0.25, 0.3) is 10.9 Å². The Morgan fingerprint density at radius 2 is 1.90 bits per heavy atom. The van der Waals surface area contributed by atoms with Crippen molar-refractivity contribution in [3.8, 4) is 5.75 Å². The summed E-state index contributed by atoms with van der Waals surface area (Å²) in [4.78, 5) is 4.46. The van der Waals surface area contributed by atoms with Gasteiger partial charge in [0.25, 0.3) is 0 Å². The van der Waals surface area contributed by atoms with Gasteiger partial charge in [0, 0.05) is 29.7 Å². The van der Waals surface area contributed by atoms with E-state index in [1.165, 1.54) is 0 Å². The van der Waals surface area contributed by atoms with Crippen molar-refractivity contribution in [3.63, 3.8) is 0 Å². The highest BCUT2D eigenvalue weighted by atomic mass is 35.5. The molecule has 1 aliphatic rings. The van der Waals surface area contributed by atoms with Crippen LogP contribution in [0.5, 0.6) is 5.75 Å². The fourth-order valence-corrected chi connectivity index (χ4v) is 4.11. The van der Waals surface area contributed by atoms with E-state index in [-0.39, 0.29) is 6.04 Å². The summed E-state index contributed by atoms with van der Waals surface area (Å²) in [7, 11) is 0. The minimum absolute atomic E-state index is 0.267. The summed E-state index contributed by atoms with van der Waals surface area (Å²) in [6.45, 7) is 7.26. The zero-order chi connectivity index (χ0) is 20.6. The molecule has 3 aromatic rings. The number of aryl methyl sites for hydroxylation is 1. The summed E-state index contributed by atoms with van der Waals surface area (Å²) in [5, 5.41) is 19.3. The van der Waals surface area contributed by atoms with Crippen LogP contribution in [-0.2, 0) is 0 Å². The van der Waals surface area contributed by atoms with Gasteiger partial charge in [0.1, 0.15) is 22.6 Å². The number of fused-ring (bicyclic) bond motifs is 2. The van der Waals surface area contributed by atoms with Crippen LogP contribution in [0, 0.1) is 6.92 Å². The number of nitrogens with one attached hydrogen (secondary N) is 2. The van der Waals surface area contributed by atoms with Gasteiger partial charge in [-0.2, -0.15) is 0 Å². The number of halogens is 1. The molecule has 0 aliphatic carbocycles. The molecule has 0 amide bonds. The molecule has 4 rings (SSSR count). The van der Waals surface area contributed by atoms with E-state index in [9.17, 15) is 5.11 Å². The summed E-state index contributed by atoms with van der Waals surface area (Å²) < 4.78 is 6.16. The molecule has 6 heteroatoms. The molecule has 152 valence electrons. The van der Waals surface area contributed by atoms with Crippen molar-refractivity contribution in [2.75, 3.05) is 18.4 Å². The molecule has 0 fully saturated rings. The fraction of sp³-hybridized carbons (Fsp3) is 0.348. The van der Waals surface area contributed by atoms with Gasteiger partial charge in [-0.05, 0) is 56.7 Å². The van der Waals surface area contributed by atoms with E-state index in [0.717, 1.165) is 40.0 Å². The average molecular weight is 412 g/mol. The van der Waals surface area contributed by atoms with E-state index in [0.29, 0.717) is 11.7 Å². The van der Waals surface area contributed by atoms with E-state index >= 15 is 0 Å². The fourth-order valence-electron chi connectivity index (χ4n) is 3.86. The first kappa shape index (κ1) is 20.0. The van der Waals surface area contributed by atoms with Crippen molar-refractivity contribution in [1.82, 2.24) is 10.3 Å². The largest absolute Gasteiger partial charge is 0.485 e. The monoisotopic (exact) mass is 411 g/mol. The minimum atomic E-state index is -0.709. The molecule has 0 spiro atoms. The second-order valence-electron chi connectivity index (χ2n) is 8.04. The first-order valence-corrected chi connectivity index (χ1v) is 10.2. The van der Waals surface area contributed by atoms with E-state index in [4.69, 9.17) is 16.3 Å². The number of anilines is 1. The van der Waals surface area contributed by atoms with Crippen LogP contribution in [0.15, 0.2) is 48.5 Å². The number of benzene rings is 2. The number of rotatable bonds is 5. The van der Waals surface area contributed by atoms with Crippen molar-refractivity contribution in [2.45, 2.75) is 38.5 Å². The number of hydrogen-bond donors (Lipinski definition) is 3. The lowest BCUT2D eigenvalue weighted by Crippen LogP contribution is -2.53. The van der Waals surface area contributed by atoms with E-state index in [1.54, 1.807) is 0 Å². The normalized spacial score (nSPS) is 20.2. The van der Waals surface area contributed by atoms with Crippen LogP contribution in [0.1, 0.15) is 31.0 Å². The van der Waals surface area contributed by atoms with Crippen LogP contribution in [-0.4, -0.2) is 34.9 Å². The van der Waals surface area contributed by atoms with Crippen LogP contribution in [0.4, 0.5) is 5.69 Å². The topological polar surface area (TPSA) is 66.4 Å². The van der Waals surface area contributed by atoms with Crippen molar-refractivity contribution in [1.29, 1.82) is 0 Å². The molecule has 1 aromatic heterocycles. The SMILES string of the molecule is Cc1cc(Cl)nc2cc3c(cc12)OC(C)(C)[C@H](O)[C@H]3NCCNc1ccccc1. The highest BCUT2D eigenvalue weighted by Crippen LogP contribution is 2.42. The Bertz CT molecular complexity index is 1020. The predicted octanol–water partition coefficient (Wildman–Crippen LogP) is 4.47. The third-order valence-electron chi connectivity index (χ3n) is 5.44. The second kappa shape index (κ2) is 7.82. The number of aromatic nitrogens is 1. The molecule has 2 heterocycles. The third-order valence-corrected chi connectivity index (χ3v) is 5.64. The van der Waals surface area contributed by atoms with Crippen molar-refractivity contribution in [3.05, 3.63) is 64.8 Å². The number of aliphatic hydroxyl groups is 1. The standard InChI is InChI=1S/C23H26ClN3O2/c1-14-11-20(24)27-18-12-17-19(13-16(14)18)29-23(2,3)22(28)21(17)26-10-9-25-15-7-5-4-6-8-15/h4-8,11-13,21-22,25-26,28H,9-10H2,1-3H3/t21-,22+/m0/s1. The van der Waals surface area contributed by atoms with Gasteiger partial charge in [-0.25, -0.2) is 4.98 Å². The quantitative estimate of drug-likeness (QED) is 0.427. The lowest BCUT2D eigenvalue weighted by Gasteiger charge is -2.42. The van der Waals surface area contributed by atoms with Crippen LogP contribution in [0.3, 0.4) is 0 Å². The number of hydrogen-bond acceptors (Lipinski definition) is 5. The Balaban J connectivity index is 1.60. The van der Waals surface area contributed by atoms with Gasteiger partial charge in [-0.1, -0.05) is 29.8 Å². The van der Waals surface area contributed by atoms with Crippen molar-refractivity contribution in [2.24, 2.45) is 0 Å². The van der Waals surface area contributed by atoms with Gasteiger partial charge >= 0.3 is 0 Å². The molecule has 1 aliphatic heterocycles. The molecule has 2 atom stereocenters. The molecular formula is C23H26ClN3O2. The molecular weight excluding hydrogens is 386 g/mol. The first-order valence-electron chi connectivity index (χ1n) is 9.85. The summed E-state index contributed by atoms with van der Waals surface area (Å²) in [5.74, 6) is 0.772. The van der Waals surface area contributed by atoms with Crippen LogP contribution < -0.4 is 15.4 Å². The van der Waals surface area contributed by atoms with Gasteiger partial charge in [0.2, 0.25) is 0 Å². The molecule has 0 radical (unpaired) electrons. The second-order valence-corrected chi connectivity index (χ2v) is 8.43. The minimum Gasteiger partial charge on any atom is -0.485 e. The molecule has 0 bridgehead atoms. The first-order chi connectivity index (χ1) is 13.8. The molecule has 0 saturated heterocycles. The zero-order valence-corrected chi connectivity index (χ0v) is 17.6. The van der Waals surface area contributed by atoms with Gasteiger partial charge in [0.15, 0.2) is 0 Å². The molecule has 2 aromatic carbocycles. The van der Waals surface area contributed by atoms with E-state index in [2.05, 4.69) is 15.6 Å². The number of para-hydroxylation sites is 1. The molecule has 3 N–H and O–H groups in total. The number of ether oxygens (including phenoxy) is 1. The Morgan fingerprint density at radius 3 is 2.66 bits per heavy atom. The van der Waals surface area contributed by atoms with E-state index in [1.807, 2.05) is 69.3 Å². The highest BCUT2D eigenvalue weighted by Gasteiger charge is 2.42. The van der Waals surface area contributed by atoms with E-state index < -0.39 is 11.7 Å². The maximum atomic E-state index is 11.0. The third kappa shape index (κ3) is 4.04. The lowest BCUT2D eigenvalue weighted by molar-refractivity contribution is -0.0641. The van der Waals surface area contributed by atoms with Crippen LogP contribution >= 0.6 is 11.6 Å². The number of aliphatic hydroxyl groups excluding tert-OH is 1. The number of pyridine rings is 1.